The van der Waals surface area contributed by atoms with Crippen LogP contribution < -0.4 is 0 Å². The Bertz CT molecular complexity index is 641. The van der Waals surface area contributed by atoms with Crippen molar-refractivity contribution in [3.05, 3.63) is 28.2 Å². The van der Waals surface area contributed by atoms with Crippen LogP contribution in [0.5, 0.6) is 0 Å². The van der Waals surface area contributed by atoms with Gasteiger partial charge in [-0.3, -0.25) is 8.75 Å². The Kier molecular flexibility index (Phi) is 7.33. The lowest BCUT2D eigenvalue weighted by molar-refractivity contribution is -0.234. The zero-order chi connectivity index (χ0) is 17.0. The van der Waals surface area contributed by atoms with Crippen LogP contribution >= 0.6 is 30.6 Å². The third-order valence-corrected chi connectivity index (χ3v) is 6.67. The Morgan fingerprint density at radius 3 is 2.23 bits per heavy atom. The first kappa shape index (κ1) is 19.9. The third-order valence-electron chi connectivity index (χ3n) is 2.43. The van der Waals surface area contributed by atoms with Crippen LogP contribution in [0.3, 0.4) is 0 Å². The molecule has 0 saturated carbocycles. The second-order valence-electron chi connectivity index (χ2n) is 4.60. The maximum Gasteiger partial charge on any atom is 0.300 e. The first-order valence-electron chi connectivity index (χ1n) is 6.38. The van der Waals surface area contributed by atoms with Crippen LogP contribution in [0.15, 0.2) is 23.1 Å². The van der Waals surface area contributed by atoms with Crippen molar-refractivity contribution in [3.63, 3.8) is 0 Å². The fourth-order valence-electron chi connectivity index (χ4n) is 1.26. The van der Waals surface area contributed by atoms with E-state index >= 15 is 0 Å². The molecule has 1 atom stereocenters. The molecule has 0 aliphatic carbocycles. The van der Waals surface area contributed by atoms with Crippen LogP contribution in [0.25, 0.3) is 0 Å². The van der Waals surface area contributed by atoms with E-state index in [1.165, 1.54) is 18.2 Å². The summed E-state index contributed by atoms with van der Waals surface area (Å²) in [5.74, 6) is 0. The average Bonchev–Trinajstić information content (AvgIpc) is 2.43. The zero-order valence-electron chi connectivity index (χ0n) is 12.3. The van der Waals surface area contributed by atoms with Crippen molar-refractivity contribution in [3.8, 4) is 0 Å². The molecular weight excluding hydrogens is 374 g/mol. The first-order chi connectivity index (χ1) is 10.1. The van der Waals surface area contributed by atoms with Gasteiger partial charge in [-0.1, -0.05) is 36.2 Å². The SMILES string of the molecule is CCP(=O)(COS(=O)(=O)c1c(Cl)cccc1Cl)OOC(C)C. The van der Waals surface area contributed by atoms with Gasteiger partial charge in [-0.15, -0.1) is 0 Å². The summed E-state index contributed by atoms with van der Waals surface area (Å²) in [7, 11) is -7.69. The van der Waals surface area contributed by atoms with Crippen molar-refractivity contribution >= 4 is 40.7 Å². The van der Waals surface area contributed by atoms with Gasteiger partial charge in [0.2, 0.25) is 0 Å². The fourth-order valence-corrected chi connectivity index (χ4v) is 4.81. The summed E-state index contributed by atoms with van der Waals surface area (Å²) >= 11 is 11.7. The van der Waals surface area contributed by atoms with Gasteiger partial charge in [-0.25, -0.2) is 4.89 Å². The highest BCUT2D eigenvalue weighted by Gasteiger charge is 2.30. The van der Waals surface area contributed by atoms with Crippen LogP contribution in [0.4, 0.5) is 0 Å². The minimum absolute atomic E-state index is 0.0471. The molecule has 1 rings (SSSR count). The fraction of sp³-hybridized carbons (Fsp3) is 0.500. The van der Waals surface area contributed by atoms with Crippen molar-refractivity contribution < 1.29 is 26.7 Å². The Labute approximate surface area is 140 Å². The number of halogens is 2. The van der Waals surface area contributed by atoms with Gasteiger partial charge in [-0.2, -0.15) is 13.1 Å². The van der Waals surface area contributed by atoms with Crippen LogP contribution in [0.1, 0.15) is 20.8 Å². The lowest BCUT2D eigenvalue weighted by atomic mass is 10.4. The molecule has 0 heterocycles. The van der Waals surface area contributed by atoms with Crippen LogP contribution in [0.2, 0.25) is 10.0 Å². The van der Waals surface area contributed by atoms with E-state index in [4.69, 9.17) is 36.9 Å². The summed E-state index contributed by atoms with van der Waals surface area (Å²) in [5, 5.41) is -0.170. The van der Waals surface area contributed by atoms with Crippen LogP contribution in [0, 0.1) is 0 Å². The van der Waals surface area contributed by atoms with E-state index in [-0.39, 0.29) is 27.2 Å². The molecule has 22 heavy (non-hydrogen) atoms. The third kappa shape index (κ3) is 5.49. The van der Waals surface area contributed by atoms with Gasteiger partial charge in [0.1, 0.15) is 11.2 Å². The molecule has 10 heteroatoms. The lowest BCUT2D eigenvalue weighted by Crippen LogP contribution is -2.12. The summed E-state index contributed by atoms with van der Waals surface area (Å²) in [4.78, 5) is 4.46. The molecular formula is C12H17Cl2O6PS. The highest BCUT2D eigenvalue weighted by atomic mass is 35.5. The molecule has 6 nitrogen and oxygen atoms in total. The molecule has 0 spiro atoms. The van der Waals surface area contributed by atoms with Gasteiger partial charge >= 0.3 is 0 Å². The minimum Gasteiger partial charge on any atom is -0.288 e. The molecule has 0 bridgehead atoms. The molecule has 0 fully saturated rings. The van der Waals surface area contributed by atoms with E-state index < -0.39 is 23.8 Å². The molecule has 0 aromatic heterocycles. The van der Waals surface area contributed by atoms with Crippen LogP contribution in [-0.2, 0) is 28.4 Å². The topological polar surface area (TPSA) is 78.9 Å². The van der Waals surface area contributed by atoms with Gasteiger partial charge in [0.05, 0.1) is 16.1 Å². The summed E-state index contributed by atoms with van der Waals surface area (Å²) in [6.45, 7) is 4.94. The summed E-state index contributed by atoms with van der Waals surface area (Å²) in [5.41, 5.74) is 0. The Morgan fingerprint density at radius 2 is 1.77 bits per heavy atom. The molecule has 0 N–H and O–H groups in total. The minimum atomic E-state index is -4.28. The number of benzene rings is 1. The average molecular weight is 391 g/mol. The van der Waals surface area contributed by atoms with Crippen molar-refractivity contribution in [2.45, 2.75) is 31.8 Å². The molecule has 0 aliphatic heterocycles. The van der Waals surface area contributed by atoms with E-state index in [9.17, 15) is 13.0 Å². The zero-order valence-corrected chi connectivity index (χ0v) is 15.5. The standard InChI is InChI=1S/C12H17Cl2O6PS/c1-4-21(15,20-19-9(2)3)8-18-22(16,17)12-10(13)6-5-7-11(12)14/h5-7,9H,4,8H2,1-3H3. The van der Waals surface area contributed by atoms with Gasteiger partial charge < -0.3 is 0 Å². The lowest BCUT2D eigenvalue weighted by Gasteiger charge is -2.17. The van der Waals surface area contributed by atoms with Gasteiger partial charge in [0, 0.05) is 6.16 Å². The van der Waals surface area contributed by atoms with Crippen molar-refractivity contribution in [1.29, 1.82) is 0 Å². The van der Waals surface area contributed by atoms with Crippen LogP contribution in [-0.4, -0.2) is 27.0 Å². The Balaban J connectivity index is 2.91. The molecule has 126 valence electrons. The molecule has 0 radical (unpaired) electrons. The monoisotopic (exact) mass is 390 g/mol. The van der Waals surface area contributed by atoms with Gasteiger partial charge in [0.25, 0.3) is 17.5 Å². The molecule has 0 amide bonds. The molecule has 1 aromatic rings. The normalized spacial score (nSPS) is 15.0. The number of hydrogen-bond acceptors (Lipinski definition) is 6. The summed E-state index contributed by atoms with van der Waals surface area (Å²) < 4.78 is 46.3. The first-order valence-corrected chi connectivity index (χ1v) is 10.5. The maximum atomic E-state index is 12.3. The summed E-state index contributed by atoms with van der Waals surface area (Å²) in [6.07, 6.45) is -0.944. The van der Waals surface area contributed by atoms with E-state index in [1.54, 1.807) is 20.8 Å². The van der Waals surface area contributed by atoms with Crippen molar-refractivity contribution in [1.82, 2.24) is 0 Å². The molecule has 1 unspecified atom stereocenters. The number of hydrogen-bond donors (Lipinski definition) is 0. The highest BCUT2D eigenvalue weighted by molar-refractivity contribution is 7.87. The summed E-state index contributed by atoms with van der Waals surface area (Å²) in [6, 6.07) is 4.23. The second kappa shape index (κ2) is 8.11. The quantitative estimate of drug-likeness (QED) is 0.284. The maximum absolute atomic E-state index is 12.3. The Morgan fingerprint density at radius 1 is 1.23 bits per heavy atom. The van der Waals surface area contributed by atoms with E-state index in [2.05, 4.69) is 0 Å². The van der Waals surface area contributed by atoms with Crippen molar-refractivity contribution in [2.75, 3.05) is 12.5 Å². The largest absolute Gasteiger partial charge is 0.300 e. The van der Waals surface area contributed by atoms with E-state index in [0.717, 1.165) is 0 Å². The molecule has 0 aliphatic rings. The molecule has 0 saturated heterocycles. The smallest absolute Gasteiger partial charge is 0.288 e. The predicted molar refractivity (Wildman–Crippen MR) is 85.1 cm³/mol. The Hall–Kier alpha value is -0.140. The number of rotatable bonds is 8. The van der Waals surface area contributed by atoms with Gasteiger partial charge in [-0.05, 0) is 26.0 Å². The van der Waals surface area contributed by atoms with Gasteiger partial charge in [0.15, 0.2) is 0 Å². The van der Waals surface area contributed by atoms with E-state index in [0.29, 0.717) is 0 Å². The van der Waals surface area contributed by atoms with Crippen molar-refractivity contribution in [2.24, 2.45) is 0 Å². The predicted octanol–water partition coefficient (Wildman–Crippen LogP) is 4.31. The highest BCUT2D eigenvalue weighted by Crippen LogP contribution is 2.48. The van der Waals surface area contributed by atoms with E-state index in [1.807, 2.05) is 0 Å². The second-order valence-corrected chi connectivity index (χ2v) is 9.64. The molecule has 1 aromatic carbocycles.